The van der Waals surface area contributed by atoms with Crippen LogP contribution in [0, 0.1) is 5.41 Å². The number of carbonyl (C=O) groups is 2. The molecule has 0 aromatic heterocycles. The normalized spacial score (nSPS) is 12.3. The van der Waals surface area contributed by atoms with E-state index in [0.717, 1.165) is 6.42 Å². The first kappa shape index (κ1) is 19.5. The number of rotatable bonds is 6. The average molecular weight is 280 g/mol. The van der Waals surface area contributed by atoms with Gasteiger partial charge in [-0.15, -0.1) is 12.4 Å². The van der Waals surface area contributed by atoms with Gasteiger partial charge in [-0.1, -0.05) is 34.1 Å². The third kappa shape index (κ3) is 8.31. The molecule has 4 N–H and O–H groups in total. The molecule has 0 bridgehead atoms. The Kier molecular flexibility index (Phi) is 9.94. The first-order valence-electron chi connectivity index (χ1n) is 6.10. The molecule has 1 unspecified atom stereocenters. The molecule has 0 aliphatic rings. The van der Waals surface area contributed by atoms with Gasteiger partial charge in [0.15, 0.2) is 0 Å². The first-order chi connectivity index (χ1) is 7.79. The topological polar surface area (TPSA) is 84.2 Å². The molecule has 0 aromatic carbocycles. The monoisotopic (exact) mass is 279 g/mol. The summed E-state index contributed by atoms with van der Waals surface area (Å²) in [6.07, 6.45) is 1.57. The van der Waals surface area contributed by atoms with E-state index in [1.54, 1.807) is 0 Å². The SMILES string of the molecule is CCCC(N)C(=O)NCCNC(=O)C(C)(C)C.Cl. The van der Waals surface area contributed by atoms with Gasteiger partial charge in [-0.05, 0) is 6.42 Å². The van der Waals surface area contributed by atoms with Crippen molar-refractivity contribution >= 4 is 24.2 Å². The molecule has 0 rings (SSSR count). The first-order valence-corrected chi connectivity index (χ1v) is 6.10. The molecular formula is C12H26ClN3O2. The van der Waals surface area contributed by atoms with Crippen LogP contribution in [0.2, 0.25) is 0 Å². The maximum absolute atomic E-state index is 11.5. The van der Waals surface area contributed by atoms with Gasteiger partial charge in [0.2, 0.25) is 11.8 Å². The summed E-state index contributed by atoms with van der Waals surface area (Å²) in [5.41, 5.74) is 5.24. The van der Waals surface area contributed by atoms with Crippen LogP contribution >= 0.6 is 12.4 Å². The summed E-state index contributed by atoms with van der Waals surface area (Å²) >= 11 is 0. The van der Waals surface area contributed by atoms with Crippen molar-refractivity contribution in [1.29, 1.82) is 0 Å². The number of hydrogen-bond donors (Lipinski definition) is 3. The number of nitrogens with two attached hydrogens (primary N) is 1. The van der Waals surface area contributed by atoms with Gasteiger partial charge < -0.3 is 16.4 Å². The second kappa shape index (κ2) is 9.16. The van der Waals surface area contributed by atoms with Crippen LogP contribution in [0.25, 0.3) is 0 Å². The lowest BCUT2D eigenvalue weighted by atomic mass is 9.96. The highest BCUT2D eigenvalue weighted by molar-refractivity contribution is 5.85. The Hall–Kier alpha value is -0.810. The van der Waals surface area contributed by atoms with Crippen LogP contribution in [0.3, 0.4) is 0 Å². The van der Waals surface area contributed by atoms with E-state index in [1.807, 2.05) is 27.7 Å². The lowest BCUT2D eigenvalue weighted by Crippen LogP contribution is -2.44. The zero-order valence-corrected chi connectivity index (χ0v) is 12.5. The lowest BCUT2D eigenvalue weighted by Gasteiger charge is -2.18. The van der Waals surface area contributed by atoms with E-state index < -0.39 is 11.5 Å². The fourth-order valence-electron chi connectivity index (χ4n) is 1.20. The summed E-state index contributed by atoms with van der Waals surface area (Å²) in [5, 5.41) is 5.45. The molecule has 0 saturated carbocycles. The predicted octanol–water partition coefficient (Wildman–Crippen LogP) is 0.814. The molecule has 108 valence electrons. The molecule has 0 aliphatic heterocycles. The number of carbonyl (C=O) groups excluding carboxylic acids is 2. The Balaban J connectivity index is 0. The molecule has 0 heterocycles. The van der Waals surface area contributed by atoms with Crippen molar-refractivity contribution in [3.05, 3.63) is 0 Å². The van der Waals surface area contributed by atoms with Crippen molar-refractivity contribution in [2.45, 2.75) is 46.6 Å². The van der Waals surface area contributed by atoms with Gasteiger partial charge in [0.05, 0.1) is 6.04 Å². The summed E-state index contributed by atoms with van der Waals surface area (Å²) in [6, 6.07) is -0.446. The van der Waals surface area contributed by atoms with Crippen molar-refractivity contribution < 1.29 is 9.59 Å². The number of nitrogens with one attached hydrogen (secondary N) is 2. The molecule has 0 aliphatic carbocycles. The molecule has 1 atom stereocenters. The van der Waals surface area contributed by atoms with Crippen molar-refractivity contribution in [3.63, 3.8) is 0 Å². The molecule has 5 nitrogen and oxygen atoms in total. The van der Waals surface area contributed by atoms with Crippen molar-refractivity contribution in [2.75, 3.05) is 13.1 Å². The molecule has 0 radical (unpaired) electrons. The van der Waals surface area contributed by atoms with Crippen molar-refractivity contribution in [2.24, 2.45) is 11.1 Å². The molecule has 6 heteroatoms. The molecule has 0 saturated heterocycles. The maximum atomic E-state index is 11.5. The molecule has 0 fully saturated rings. The van der Waals surface area contributed by atoms with Crippen LogP contribution in [0.4, 0.5) is 0 Å². The fraction of sp³-hybridized carbons (Fsp3) is 0.833. The van der Waals surface area contributed by atoms with Crippen LogP contribution in [0.5, 0.6) is 0 Å². The maximum Gasteiger partial charge on any atom is 0.236 e. The Morgan fingerprint density at radius 2 is 1.67 bits per heavy atom. The minimum absolute atomic E-state index is 0. The van der Waals surface area contributed by atoms with E-state index >= 15 is 0 Å². The Morgan fingerprint density at radius 3 is 2.11 bits per heavy atom. The van der Waals surface area contributed by atoms with E-state index in [9.17, 15) is 9.59 Å². The molecule has 0 spiro atoms. The van der Waals surface area contributed by atoms with E-state index in [4.69, 9.17) is 5.73 Å². The third-order valence-electron chi connectivity index (χ3n) is 2.33. The Bertz CT molecular complexity index is 265. The number of halogens is 1. The van der Waals surface area contributed by atoms with Crippen LogP contribution < -0.4 is 16.4 Å². The van der Waals surface area contributed by atoms with Gasteiger partial charge in [-0.2, -0.15) is 0 Å². The fourth-order valence-corrected chi connectivity index (χ4v) is 1.20. The molecule has 0 aromatic rings. The zero-order chi connectivity index (χ0) is 13.5. The van der Waals surface area contributed by atoms with Crippen LogP contribution in [0.15, 0.2) is 0 Å². The van der Waals surface area contributed by atoms with Gasteiger partial charge in [0.25, 0.3) is 0 Å². The van der Waals surface area contributed by atoms with Crippen LogP contribution in [-0.2, 0) is 9.59 Å². The van der Waals surface area contributed by atoms with E-state index in [2.05, 4.69) is 10.6 Å². The number of hydrogen-bond acceptors (Lipinski definition) is 3. The summed E-state index contributed by atoms with van der Waals surface area (Å²) in [5.74, 6) is -0.179. The van der Waals surface area contributed by atoms with Crippen LogP contribution in [0.1, 0.15) is 40.5 Å². The second-order valence-electron chi connectivity index (χ2n) is 5.19. The average Bonchev–Trinajstić information content (AvgIpc) is 2.22. The smallest absolute Gasteiger partial charge is 0.236 e. The minimum Gasteiger partial charge on any atom is -0.354 e. The van der Waals surface area contributed by atoms with E-state index in [0.29, 0.717) is 19.5 Å². The summed E-state index contributed by atoms with van der Waals surface area (Å²) in [4.78, 5) is 22.9. The highest BCUT2D eigenvalue weighted by atomic mass is 35.5. The van der Waals surface area contributed by atoms with Crippen molar-refractivity contribution in [3.8, 4) is 0 Å². The lowest BCUT2D eigenvalue weighted by molar-refractivity contribution is -0.128. The highest BCUT2D eigenvalue weighted by Gasteiger charge is 2.20. The molecular weight excluding hydrogens is 254 g/mol. The molecule has 2 amide bonds. The van der Waals surface area contributed by atoms with Crippen LogP contribution in [-0.4, -0.2) is 30.9 Å². The zero-order valence-electron chi connectivity index (χ0n) is 11.7. The Morgan fingerprint density at radius 1 is 1.17 bits per heavy atom. The summed E-state index contributed by atoms with van der Waals surface area (Å²) in [6.45, 7) is 8.36. The van der Waals surface area contributed by atoms with Gasteiger partial charge in [0, 0.05) is 18.5 Å². The van der Waals surface area contributed by atoms with Gasteiger partial charge >= 0.3 is 0 Å². The predicted molar refractivity (Wildman–Crippen MR) is 75.6 cm³/mol. The van der Waals surface area contributed by atoms with Gasteiger partial charge in [-0.25, -0.2) is 0 Å². The number of amides is 2. The van der Waals surface area contributed by atoms with Crippen molar-refractivity contribution in [1.82, 2.24) is 10.6 Å². The van der Waals surface area contributed by atoms with Gasteiger partial charge in [-0.3, -0.25) is 9.59 Å². The largest absolute Gasteiger partial charge is 0.354 e. The summed E-state index contributed by atoms with van der Waals surface area (Å²) < 4.78 is 0. The Labute approximate surface area is 116 Å². The summed E-state index contributed by atoms with van der Waals surface area (Å²) in [7, 11) is 0. The quantitative estimate of drug-likeness (QED) is 0.629. The second-order valence-corrected chi connectivity index (χ2v) is 5.19. The van der Waals surface area contributed by atoms with E-state index in [-0.39, 0.29) is 24.2 Å². The third-order valence-corrected chi connectivity index (χ3v) is 2.33. The standard InChI is InChI=1S/C12H25N3O2.ClH/c1-5-6-9(13)10(16)14-7-8-15-11(17)12(2,3)4;/h9H,5-8,13H2,1-4H3,(H,14,16)(H,15,17);1H. The minimum atomic E-state index is -0.446. The highest BCUT2D eigenvalue weighted by Crippen LogP contribution is 2.11. The molecule has 18 heavy (non-hydrogen) atoms. The van der Waals surface area contributed by atoms with E-state index in [1.165, 1.54) is 0 Å². The van der Waals surface area contributed by atoms with Gasteiger partial charge in [0.1, 0.15) is 0 Å².